The van der Waals surface area contributed by atoms with E-state index in [2.05, 4.69) is 50.0 Å². The molecule has 3 heteroatoms. The highest BCUT2D eigenvalue weighted by atomic mass is 35.5. The molecule has 1 aromatic carbocycles. The lowest BCUT2D eigenvalue weighted by Gasteiger charge is -2.30. The molecule has 1 saturated heterocycles. The van der Waals surface area contributed by atoms with E-state index < -0.39 is 0 Å². The van der Waals surface area contributed by atoms with Crippen LogP contribution in [-0.4, -0.2) is 37.6 Å². The highest BCUT2D eigenvalue weighted by Crippen LogP contribution is 2.29. The number of allylic oxidation sites excluding steroid dienone is 1. The van der Waals surface area contributed by atoms with E-state index in [9.17, 15) is 0 Å². The summed E-state index contributed by atoms with van der Waals surface area (Å²) in [5.74, 6) is 0. The molecule has 0 aliphatic carbocycles. The van der Waals surface area contributed by atoms with Crippen LogP contribution in [0.25, 0.3) is 5.57 Å². The number of nitrogens with zero attached hydrogens (tertiary/aromatic N) is 1. The Morgan fingerprint density at radius 2 is 1.74 bits per heavy atom. The second kappa shape index (κ2) is 8.32. The normalized spacial score (nSPS) is 18.0. The zero-order valence-electron chi connectivity index (χ0n) is 15.1. The van der Waals surface area contributed by atoms with Gasteiger partial charge in [-0.3, -0.25) is 4.90 Å². The standard InChI is InChI=1S/C20H31ClN2/c1-16(17-5-7-19(21)8-6-17)18(9-10-20(2,3)4)15-23-13-11-22-12-14-23/h5-8,22H,9-15H2,1-4H3/b18-16-. The first kappa shape index (κ1) is 18.5. The zero-order valence-corrected chi connectivity index (χ0v) is 15.8. The van der Waals surface area contributed by atoms with E-state index in [1.807, 2.05) is 12.1 Å². The maximum absolute atomic E-state index is 6.04. The van der Waals surface area contributed by atoms with Crippen molar-refractivity contribution in [2.45, 2.75) is 40.5 Å². The van der Waals surface area contributed by atoms with Gasteiger partial charge in [-0.1, -0.05) is 50.1 Å². The molecule has 0 unspecified atom stereocenters. The molecule has 2 rings (SSSR count). The molecule has 1 fully saturated rings. The van der Waals surface area contributed by atoms with Crippen LogP contribution in [0.5, 0.6) is 0 Å². The summed E-state index contributed by atoms with van der Waals surface area (Å²) in [5.41, 5.74) is 4.66. The monoisotopic (exact) mass is 334 g/mol. The third kappa shape index (κ3) is 6.29. The lowest BCUT2D eigenvalue weighted by Crippen LogP contribution is -2.44. The van der Waals surface area contributed by atoms with Crippen molar-refractivity contribution in [3.05, 3.63) is 40.4 Å². The molecule has 0 saturated carbocycles. The van der Waals surface area contributed by atoms with Gasteiger partial charge >= 0.3 is 0 Å². The van der Waals surface area contributed by atoms with Crippen LogP contribution in [0.3, 0.4) is 0 Å². The van der Waals surface area contributed by atoms with Crippen LogP contribution in [0, 0.1) is 5.41 Å². The predicted molar refractivity (Wildman–Crippen MR) is 102 cm³/mol. The lowest BCUT2D eigenvalue weighted by atomic mass is 9.86. The van der Waals surface area contributed by atoms with E-state index in [-0.39, 0.29) is 0 Å². The van der Waals surface area contributed by atoms with Crippen LogP contribution in [0.15, 0.2) is 29.8 Å². The largest absolute Gasteiger partial charge is 0.314 e. The number of nitrogens with one attached hydrogen (secondary N) is 1. The van der Waals surface area contributed by atoms with Crippen LogP contribution in [0.4, 0.5) is 0 Å². The first-order chi connectivity index (χ1) is 10.8. The van der Waals surface area contributed by atoms with Gasteiger partial charge in [0.05, 0.1) is 0 Å². The number of halogens is 1. The number of piperazine rings is 1. The van der Waals surface area contributed by atoms with E-state index >= 15 is 0 Å². The Morgan fingerprint density at radius 3 is 2.30 bits per heavy atom. The fourth-order valence-electron chi connectivity index (χ4n) is 2.95. The van der Waals surface area contributed by atoms with Crippen LogP contribution in [-0.2, 0) is 0 Å². The van der Waals surface area contributed by atoms with Gasteiger partial charge in [-0.2, -0.15) is 0 Å². The summed E-state index contributed by atoms with van der Waals surface area (Å²) < 4.78 is 0. The van der Waals surface area contributed by atoms with Gasteiger partial charge < -0.3 is 5.32 Å². The quantitative estimate of drug-likeness (QED) is 0.828. The van der Waals surface area contributed by atoms with Gasteiger partial charge in [0.2, 0.25) is 0 Å². The van der Waals surface area contributed by atoms with Crippen molar-refractivity contribution < 1.29 is 0 Å². The molecule has 1 N–H and O–H groups in total. The van der Waals surface area contributed by atoms with Gasteiger partial charge in [0, 0.05) is 37.7 Å². The molecule has 0 bridgehead atoms. The van der Waals surface area contributed by atoms with E-state index in [4.69, 9.17) is 11.6 Å². The van der Waals surface area contributed by atoms with Gasteiger partial charge in [-0.15, -0.1) is 0 Å². The summed E-state index contributed by atoms with van der Waals surface area (Å²) in [4.78, 5) is 2.58. The summed E-state index contributed by atoms with van der Waals surface area (Å²) in [6, 6.07) is 8.28. The molecule has 0 spiro atoms. The van der Waals surface area contributed by atoms with Crippen molar-refractivity contribution in [2.75, 3.05) is 32.7 Å². The zero-order chi connectivity index (χ0) is 16.9. The minimum atomic E-state index is 0.370. The molecule has 1 aromatic rings. The summed E-state index contributed by atoms with van der Waals surface area (Å²) in [5, 5.41) is 4.24. The molecule has 0 aromatic heterocycles. The second-order valence-electron chi connectivity index (χ2n) is 7.82. The third-order valence-electron chi connectivity index (χ3n) is 4.61. The minimum absolute atomic E-state index is 0.370. The Balaban J connectivity index is 2.18. The Labute approximate surface area is 146 Å². The molecule has 1 aliphatic heterocycles. The van der Waals surface area contributed by atoms with E-state index in [1.165, 1.54) is 24.0 Å². The van der Waals surface area contributed by atoms with Crippen LogP contribution in [0.1, 0.15) is 46.1 Å². The fraction of sp³-hybridized carbons (Fsp3) is 0.600. The van der Waals surface area contributed by atoms with Crippen molar-refractivity contribution in [3.63, 3.8) is 0 Å². The SMILES string of the molecule is C/C(=C(\CCC(C)(C)C)CN1CCNCC1)c1ccc(Cl)cc1. The molecule has 128 valence electrons. The average Bonchev–Trinajstić information content (AvgIpc) is 2.51. The van der Waals surface area contributed by atoms with Gasteiger partial charge in [-0.05, 0) is 48.4 Å². The molecule has 0 radical (unpaired) electrons. The first-order valence-corrected chi connectivity index (χ1v) is 9.10. The van der Waals surface area contributed by atoms with Crippen molar-refractivity contribution in [2.24, 2.45) is 5.41 Å². The summed E-state index contributed by atoms with van der Waals surface area (Å²) in [7, 11) is 0. The summed E-state index contributed by atoms with van der Waals surface area (Å²) in [6.45, 7) is 14.8. The van der Waals surface area contributed by atoms with Crippen LogP contribution >= 0.6 is 11.6 Å². The van der Waals surface area contributed by atoms with Crippen molar-refractivity contribution in [1.29, 1.82) is 0 Å². The van der Waals surface area contributed by atoms with Crippen molar-refractivity contribution >= 4 is 17.2 Å². The smallest absolute Gasteiger partial charge is 0.0406 e. The van der Waals surface area contributed by atoms with E-state index in [1.54, 1.807) is 5.57 Å². The number of hydrogen-bond acceptors (Lipinski definition) is 2. The molecular weight excluding hydrogens is 304 g/mol. The second-order valence-corrected chi connectivity index (χ2v) is 8.26. The topological polar surface area (TPSA) is 15.3 Å². The number of benzene rings is 1. The minimum Gasteiger partial charge on any atom is -0.314 e. The molecule has 2 nitrogen and oxygen atoms in total. The number of hydrogen-bond donors (Lipinski definition) is 1. The Morgan fingerprint density at radius 1 is 1.13 bits per heavy atom. The van der Waals surface area contributed by atoms with Crippen molar-refractivity contribution in [1.82, 2.24) is 10.2 Å². The van der Waals surface area contributed by atoms with Gasteiger partial charge in [0.15, 0.2) is 0 Å². The van der Waals surface area contributed by atoms with E-state index in [0.29, 0.717) is 5.41 Å². The van der Waals surface area contributed by atoms with E-state index in [0.717, 1.165) is 37.7 Å². The average molecular weight is 335 g/mol. The lowest BCUT2D eigenvalue weighted by molar-refractivity contribution is 0.255. The highest BCUT2D eigenvalue weighted by Gasteiger charge is 2.17. The maximum Gasteiger partial charge on any atom is 0.0406 e. The third-order valence-corrected chi connectivity index (χ3v) is 4.86. The molecule has 23 heavy (non-hydrogen) atoms. The highest BCUT2D eigenvalue weighted by molar-refractivity contribution is 6.30. The first-order valence-electron chi connectivity index (χ1n) is 8.73. The Kier molecular flexibility index (Phi) is 6.70. The maximum atomic E-state index is 6.04. The van der Waals surface area contributed by atoms with Crippen LogP contribution in [0.2, 0.25) is 5.02 Å². The molecular formula is C20H31ClN2. The molecule has 0 amide bonds. The molecule has 1 aliphatic rings. The fourth-order valence-corrected chi connectivity index (χ4v) is 3.08. The predicted octanol–water partition coefficient (Wildman–Crippen LogP) is 4.85. The van der Waals surface area contributed by atoms with Crippen LogP contribution < -0.4 is 5.32 Å². The summed E-state index contributed by atoms with van der Waals surface area (Å²) in [6.07, 6.45) is 2.39. The summed E-state index contributed by atoms with van der Waals surface area (Å²) >= 11 is 6.04. The molecule has 1 heterocycles. The van der Waals surface area contributed by atoms with Gasteiger partial charge in [0.1, 0.15) is 0 Å². The van der Waals surface area contributed by atoms with Gasteiger partial charge in [0.25, 0.3) is 0 Å². The van der Waals surface area contributed by atoms with Crippen molar-refractivity contribution in [3.8, 4) is 0 Å². The Bertz CT molecular complexity index is 520. The molecule has 0 atom stereocenters. The number of rotatable bonds is 5. The Hall–Kier alpha value is -0.830. The van der Waals surface area contributed by atoms with Gasteiger partial charge in [-0.25, -0.2) is 0 Å².